The number of benzene rings is 3. The number of carbonyl (C=O) groups is 1. The number of hydrogen-bond donors (Lipinski definition) is 0. The minimum absolute atomic E-state index is 0.0944. The van der Waals surface area contributed by atoms with E-state index in [1.165, 1.54) is 12.3 Å². The van der Waals surface area contributed by atoms with Crippen LogP contribution in [-0.4, -0.2) is 52.8 Å². The van der Waals surface area contributed by atoms with E-state index in [4.69, 9.17) is 18.9 Å². The standard InChI is InChI=1S/C32H37FO7S/c1-5-38-30(34)18-32(20-37-21-32)26-10-11-29(28(33)17-26)40-19-24-8-6-9-25(16-24)31-22(2)14-27(15-23(31)3)39-12-7-13-41(4,35)36/h6,8-11,14-17H,5,7,12-13,18-21H2,1-4H3. The molecule has 0 N–H and O–H groups in total. The van der Waals surface area contributed by atoms with Crippen molar-refractivity contribution in [2.45, 2.75) is 45.6 Å². The Labute approximate surface area is 241 Å². The second-order valence-corrected chi connectivity index (χ2v) is 12.9. The number of sulfone groups is 1. The van der Waals surface area contributed by atoms with Gasteiger partial charge < -0.3 is 18.9 Å². The smallest absolute Gasteiger partial charge is 0.306 e. The lowest BCUT2D eigenvalue weighted by Crippen LogP contribution is -2.48. The molecule has 1 fully saturated rings. The number of halogens is 1. The first-order chi connectivity index (χ1) is 19.5. The van der Waals surface area contributed by atoms with Crippen LogP contribution in [0.4, 0.5) is 4.39 Å². The van der Waals surface area contributed by atoms with Crippen LogP contribution in [0.1, 0.15) is 42.0 Å². The van der Waals surface area contributed by atoms with Crippen molar-refractivity contribution in [3.05, 3.63) is 82.7 Å². The van der Waals surface area contributed by atoms with E-state index in [0.717, 1.165) is 27.8 Å². The van der Waals surface area contributed by atoms with Gasteiger partial charge in [0.25, 0.3) is 0 Å². The first-order valence-electron chi connectivity index (χ1n) is 13.7. The van der Waals surface area contributed by atoms with E-state index in [1.807, 2.05) is 50.2 Å². The van der Waals surface area contributed by atoms with Gasteiger partial charge in [0, 0.05) is 6.26 Å². The maximum Gasteiger partial charge on any atom is 0.306 e. The van der Waals surface area contributed by atoms with Crippen molar-refractivity contribution in [3.8, 4) is 22.6 Å². The largest absolute Gasteiger partial charge is 0.494 e. The second-order valence-electron chi connectivity index (χ2n) is 10.7. The monoisotopic (exact) mass is 584 g/mol. The van der Waals surface area contributed by atoms with Gasteiger partial charge in [0.15, 0.2) is 11.6 Å². The van der Waals surface area contributed by atoms with Gasteiger partial charge in [0.1, 0.15) is 22.2 Å². The molecule has 0 spiro atoms. The molecule has 41 heavy (non-hydrogen) atoms. The molecule has 3 aromatic rings. The van der Waals surface area contributed by atoms with Gasteiger partial charge in [-0.25, -0.2) is 12.8 Å². The Hall–Kier alpha value is -3.43. The van der Waals surface area contributed by atoms with E-state index in [0.29, 0.717) is 44.2 Å². The SMILES string of the molecule is CCOC(=O)CC1(c2ccc(OCc3cccc(-c4c(C)cc(OCCCS(C)(=O)=O)cc4C)c3)c(F)c2)COC1. The highest BCUT2D eigenvalue weighted by Gasteiger charge is 2.43. The zero-order valence-electron chi connectivity index (χ0n) is 24.0. The van der Waals surface area contributed by atoms with Crippen molar-refractivity contribution in [3.63, 3.8) is 0 Å². The number of hydrogen-bond acceptors (Lipinski definition) is 7. The third-order valence-corrected chi connectivity index (χ3v) is 8.16. The molecule has 9 heteroatoms. The summed E-state index contributed by atoms with van der Waals surface area (Å²) in [5.74, 6) is 0.113. The van der Waals surface area contributed by atoms with Gasteiger partial charge in [0.2, 0.25) is 0 Å². The average molecular weight is 585 g/mol. The van der Waals surface area contributed by atoms with Crippen molar-refractivity contribution in [2.24, 2.45) is 0 Å². The molecule has 0 aromatic heterocycles. The van der Waals surface area contributed by atoms with E-state index in [2.05, 4.69) is 0 Å². The molecule has 0 saturated carbocycles. The van der Waals surface area contributed by atoms with Gasteiger partial charge in [-0.2, -0.15) is 0 Å². The summed E-state index contributed by atoms with van der Waals surface area (Å²) in [5.41, 5.74) is 5.13. The second kappa shape index (κ2) is 13.0. The highest BCUT2D eigenvalue weighted by atomic mass is 32.2. The zero-order valence-corrected chi connectivity index (χ0v) is 24.8. The minimum Gasteiger partial charge on any atom is -0.494 e. The number of rotatable bonds is 13. The van der Waals surface area contributed by atoms with Gasteiger partial charge in [-0.05, 0) is 90.9 Å². The summed E-state index contributed by atoms with van der Waals surface area (Å²) in [7, 11) is -3.01. The average Bonchev–Trinajstić information content (AvgIpc) is 2.87. The fourth-order valence-corrected chi connectivity index (χ4v) is 5.75. The predicted molar refractivity (Wildman–Crippen MR) is 156 cm³/mol. The first-order valence-corrected chi connectivity index (χ1v) is 15.7. The molecule has 1 aliphatic heterocycles. The van der Waals surface area contributed by atoms with Crippen LogP contribution in [0.3, 0.4) is 0 Å². The van der Waals surface area contributed by atoms with Crippen LogP contribution in [-0.2, 0) is 36.1 Å². The molecule has 3 aromatic carbocycles. The maximum atomic E-state index is 15.1. The zero-order chi connectivity index (χ0) is 29.6. The Morgan fingerprint density at radius 3 is 2.37 bits per heavy atom. The van der Waals surface area contributed by atoms with Crippen LogP contribution < -0.4 is 9.47 Å². The van der Waals surface area contributed by atoms with Crippen LogP contribution in [0.5, 0.6) is 11.5 Å². The van der Waals surface area contributed by atoms with Crippen molar-refractivity contribution >= 4 is 15.8 Å². The lowest BCUT2D eigenvalue weighted by molar-refractivity contribution is -0.151. The predicted octanol–water partition coefficient (Wildman–Crippen LogP) is 5.72. The number of ether oxygens (including phenoxy) is 4. The van der Waals surface area contributed by atoms with Crippen molar-refractivity contribution in [1.29, 1.82) is 0 Å². The molecule has 0 aliphatic carbocycles. The number of aryl methyl sites for hydroxylation is 2. The summed E-state index contributed by atoms with van der Waals surface area (Å²) < 4.78 is 59.8. The Balaban J connectivity index is 1.42. The van der Waals surface area contributed by atoms with E-state index >= 15 is 4.39 Å². The van der Waals surface area contributed by atoms with Crippen molar-refractivity contribution < 1.29 is 36.6 Å². The fraction of sp³-hybridized carbons (Fsp3) is 0.406. The highest BCUT2D eigenvalue weighted by molar-refractivity contribution is 7.90. The Morgan fingerprint density at radius 1 is 1.02 bits per heavy atom. The summed E-state index contributed by atoms with van der Waals surface area (Å²) >= 11 is 0. The maximum absolute atomic E-state index is 15.1. The quantitative estimate of drug-likeness (QED) is 0.188. The number of carbonyl (C=O) groups excluding carboxylic acids is 1. The van der Waals surface area contributed by atoms with Gasteiger partial charge in [0.05, 0.1) is 44.0 Å². The van der Waals surface area contributed by atoms with E-state index in [-0.39, 0.29) is 30.5 Å². The molecule has 7 nitrogen and oxygen atoms in total. The first kappa shape index (κ1) is 30.5. The topological polar surface area (TPSA) is 88.1 Å². The van der Waals surface area contributed by atoms with E-state index in [1.54, 1.807) is 19.1 Å². The lowest BCUT2D eigenvalue weighted by Gasteiger charge is -2.41. The van der Waals surface area contributed by atoms with Crippen LogP contribution >= 0.6 is 0 Å². The van der Waals surface area contributed by atoms with Gasteiger partial charge in [-0.1, -0.05) is 24.3 Å². The number of esters is 1. The Bertz CT molecular complexity index is 1470. The summed E-state index contributed by atoms with van der Waals surface area (Å²) in [5, 5.41) is 0. The molecule has 220 valence electrons. The van der Waals surface area contributed by atoms with Gasteiger partial charge in [-0.15, -0.1) is 0 Å². The van der Waals surface area contributed by atoms with Crippen LogP contribution in [0.2, 0.25) is 0 Å². The molecule has 0 atom stereocenters. The summed E-state index contributed by atoms with van der Waals surface area (Å²) in [6.45, 7) is 7.26. The normalized spacial score (nSPS) is 14.3. The summed E-state index contributed by atoms with van der Waals surface area (Å²) in [4.78, 5) is 12.1. The molecule has 0 unspecified atom stereocenters. The molecule has 1 aliphatic rings. The molecule has 0 amide bonds. The molecular formula is C32H37FO7S. The van der Waals surface area contributed by atoms with Crippen LogP contribution in [0.15, 0.2) is 54.6 Å². The molecule has 1 saturated heterocycles. The van der Waals surface area contributed by atoms with Crippen LogP contribution in [0, 0.1) is 19.7 Å². The van der Waals surface area contributed by atoms with Crippen molar-refractivity contribution in [1.82, 2.24) is 0 Å². The van der Waals surface area contributed by atoms with Gasteiger partial charge in [-0.3, -0.25) is 4.79 Å². The molecule has 0 radical (unpaired) electrons. The fourth-order valence-electron chi connectivity index (χ4n) is 5.11. The third-order valence-electron chi connectivity index (χ3n) is 7.13. The molecule has 4 rings (SSSR count). The van der Waals surface area contributed by atoms with E-state index < -0.39 is 21.1 Å². The van der Waals surface area contributed by atoms with Gasteiger partial charge >= 0.3 is 5.97 Å². The van der Waals surface area contributed by atoms with Crippen molar-refractivity contribution in [2.75, 3.05) is 38.4 Å². The summed E-state index contributed by atoms with van der Waals surface area (Å²) in [6.07, 6.45) is 1.80. The molecular weight excluding hydrogens is 547 g/mol. The third kappa shape index (κ3) is 7.86. The molecule has 0 bridgehead atoms. The highest BCUT2D eigenvalue weighted by Crippen LogP contribution is 2.38. The lowest BCUT2D eigenvalue weighted by atomic mass is 9.76. The summed E-state index contributed by atoms with van der Waals surface area (Å²) in [6, 6.07) is 16.6. The molecule has 1 heterocycles. The van der Waals surface area contributed by atoms with E-state index in [9.17, 15) is 13.2 Å². The Morgan fingerprint density at radius 2 is 1.76 bits per heavy atom. The minimum atomic E-state index is -3.01. The van der Waals surface area contributed by atoms with Crippen LogP contribution in [0.25, 0.3) is 11.1 Å². The Kier molecular flexibility index (Phi) is 9.71.